The fourth-order valence-corrected chi connectivity index (χ4v) is 4.35. The molecule has 0 saturated carbocycles. The summed E-state index contributed by atoms with van der Waals surface area (Å²) in [5, 5.41) is 17.6. The second-order valence-corrected chi connectivity index (χ2v) is 9.37. The standard InChI is InChI=1S/C28H31N7O5/c29-21(11-18-13-31-22-9-5-4-8-20(18)22)26(38)34-24(12-19-14-30-16-33-19)28(40)35-23(27(39)32-15-25(36)37)10-17-6-2-1-3-7-17/h1-9,13-14,16,21,23-24,31H,10-12,15,29H2,(H,30,33)(H,32,39)(H,34,38)(H,35,40)(H,36,37). The Hall–Kier alpha value is -4.97. The van der Waals surface area contributed by atoms with E-state index in [1.165, 1.54) is 12.5 Å². The Bertz CT molecular complexity index is 1450. The van der Waals surface area contributed by atoms with Crippen LogP contribution in [0, 0.1) is 0 Å². The lowest BCUT2D eigenvalue weighted by Gasteiger charge is -2.24. The van der Waals surface area contributed by atoms with Gasteiger partial charge in [0.2, 0.25) is 17.7 Å². The molecule has 2 aromatic carbocycles. The SMILES string of the molecule is NC(Cc1c[nH]c2ccccc12)C(=O)NC(Cc1cnc[nH]1)C(=O)NC(Cc1ccccc1)C(=O)NCC(=O)O. The van der Waals surface area contributed by atoms with E-state index in [0.29, 0.717) is 5.69 Å². The molecule has 8 N–H and O–H groups in total. The highest BCUT2D eigenvalue weighted by Crippen LogP contribution is 2.19. The minimum atomic E-state index is -1.22. The van der Waals surface area contributed by atoms with Crippen molar-refractivity contribution in [2.45, 2.75) is 37.4 Å². The van der Waals surface area contributed by atoms with Gasteiger partial charge in [0.15, 0.2) is 0 Å². The molecule has 0 saturated heterocycles. The summed E-state index contributed by atoms with van der Waals surface area (Å²) in [4.78, 5) is 60.4. The Morgan fingerprint density at radius 2 is 1.55 bits per heavy atom. The third kappa shape index (κ3) is 7.54. The number of nitrogens with zero attached hydrogens (tertiary/aromatic N) is 1. The average Bonchev–Trinajstić information content (AvgIpc) is 3.61. The van der Waals surface area contributed by atoms with Gasteiger partial charge in [-0.15, -0.1) is 0 Å². The van der Waals surface area contributed by atoms with Crippen LogP contribution in [0.15, 0.2) is 73.3 Å². The molecule has 40 heavy (non-hydrogen) atoms. The van der Waals surface area contributed by atoms with Gasteiger partial charge in [-0.1, -0.05) is 48.5 Å². The predicted molar refractivity (Wildman–Crippen MR) is 147 cm³/mol. The number of aromatic nitrogens is 3. The first-order chi connectivity index (χ1) is 19.3. The van der Waals surface area contributed by atoms with E-state index in [1.54, 1.807) is 30.5 Å². The molecule has 12 heteroatoms. The van der Waals surface area contributed by atoms with Crippen molar-refractivity contribution in [3.8, 4) is 0 Å². The fraction of sp³-hybridized carbons (Fsp3) is 0.250. The van der Waals surface area contributed by atoms with Crippen LogP contribution >= 0.6 is 0 Å². The van der Waals surface area contributed by atoms with Crippen LogP contribution in [0.25, 0.3) is 10.9 Å². The molecule has 2 heterocycles. The molecular weight excluding hydrogens is 514 g/mol. The molecule has 0 radical (unpaired) electrons. The van der Waals surface area contributed by atoms with E-state index in [9.17, 15) is 19.2 Å². The van der Waals surface area contributed by atoms with Crippen LogP contribution in [0.4, 0.5) is 0 Å². The Kier molecular flexibility index (Phi) is 9.26. The number of rotatable bonds is 13. The molecule has 2 aromatic heterocycles. The Balaban J connectivity index is 1.48. The van der Waals surface area contributed by atoms with Gasteiger partial charge in [-0.05, 0) is 23.6 Å². The first-order valence-corrected chi connectivity index (χ1v) is 12.7. The minimum absolute atomic E-state index is 0.0617. The molecule has 12 nitrogen and oxygen atoms in total. The Labute approximate surface area is 229 Å². The molecule has 0 aliphatic heterocycles. The van der Waals surface area contributed by atoms with Crippen molar-refractivity contribution in [1.29, 1.82) is 0 Å². The van der Waals surface area contributed by atoms with Gasteiger partial charge in [-0.25, -0.2) is 4.98 Å². The molecule has 3 amide bonds. The van der Waals surface area contributed by atoms with Crippen molar-refractivity contribution in [2.75, 3.05) is 6.54 Å². The topological polar surface area (TPSA) is 195 Å². The van der Waals surface area contributed by atoms with Crippen molar-refractivity contribution in [3.63, 3.8) is 0 Å². The fourth-order valence-electron chi connectivity index (χ4n) is 4.35. The number of carbonyl (C=O) groups is 4. The number of aromatic amines is 2. The number of fused-ring (bicyclic) bond motifs is 1. The summed E-state index contributed by atoms with van der Waals surface area (Å²) in [6, 6.07) is 13.5. The summed E-state index contributed by atoms with van der Waals surface area (Å²) in [6.07, 6.45) is 5.19. The van der Waals surface area contributed by atoms with Gasteiger partial charge in [0.25, 0.3) is 0 Å². The zero-order valence-corrected chi connectivity index (χ0v) is 21.6. The number of hydrogen-bond donors (Lipinski definition) is 7. The third-order valence-corrected chi connectivity index (χ3v) is 6.39. The zero-order chi connectivity index (χ0) is 28.5. The van der Waals surface area contributed by atoms with Crippen LogP contribution in [0.1, 0.15) is 16.8 Å². The first kappa shape index (κ1) is 28.0. The van der Waals surface area contributed by atoms with Gasteiger partial charge < -0.3 is 36.8 Å². The number of benzene rings is 2. The van der Waals surface area contributed by atoms with E-state index < -0.39 is 48.4 Å². The summed E-state index contributed by atoms with van der Waals surface area (Å²) >= 11 is 0. The summed E-state index contributed by atoms with van der Waals surface area (Å²) < 4.78 is 0. The Morgan fingerprint density at radius 3 is 2.27 bits per heavy atom. The highest BCUT2D eigenvalue weighted by Gasteiger charge is 2.29. The highest BCUT2D eigenvalue weighted by molar-refractivity contribution is 5.94. The second-order valence-electron chi connectivity index (χ2n) is 9.37. The van der Waals surface area contributed by atoms with Crippen molar-refractivity contribution in [3.05, 3.63) is 90.1 Å². The maximum atomic E-state index is 13.5. The van der Waals surface area contributed by atoms with Crippen LogP contribution in [0.2, 0.25) is 0 Å². The van der Waals surface area contributed by atoms with Gasteiger partial charge in [0, 0.05) is 41.8 Å². The average molecular weight is 546 g/mol. The first-order valence-electron chi connectivity index (χ1n) is 12.7. The molecule has 4 aromatic rings. The van der Waals surface area contributed by atoms with E-state index in [2.05, 4.69) is 30.9 Å². The van der Waals surface area contributed by atoms with Gasteiger partial charge in [-0.2, -0.15) is 0 Å². The smallest absolute Gasteiger partial charge is 0.322 e. The third-order valence-electron chi connectivity index (χ3n) is 6.39. The molecule has 0 spiro atoms. The number of para-hydroxylation sites is 1. The molecule has 3 atom stereocenters. The van der Waals surface area contributed by atoms with Gasteiger partial charge in [0.1, 0.15) is 18.6 Å². The summed E-state index contributed by atoms with van der Waals surface area (Å²) in [6.45, 7) is -0.600. The number of imidazole rings is 1. The van der Waals surface area contributed by atoms with Gasteiger partial charge >= 0.3 is 5.97 Å². The summed E-state index contributed by atoms with van der Waals surface area (Å²) in [5.74, 6) is -3.05. The summed E-state index contributed by atoms with van der Waals surface area (Å²) in [5.41, 5.74) is 9.37. The number of carboxylic acids is 1. The molecule has 4 rings (SSSR count). The largest absolute Gasteiger partial charge is 0.480 e. The van der Waals surface area contributed by atoms with Crippen LogP contribution in [0.3, 0.4) is 0 Å². The number of hydrogen-bond acceptors (Lipinski definition) is 6. The molecule has 0 aliphatic rings. The summed E-state index contributed by atoms with van der Waals surface area (Å²) in [7, 11) is 0. The lowest BCUT2D eigenvalue weighted by atomic mass is 10.0. The van der Waals surface area contributed by atoms with Crippen molar-refractivity contribution >= 4 is 34.6 Å². The van der Waals surface area contributed by atoms with E-state index >= 15 is 0 Å². The number of nitrogens with one attached hydrogen (secondary N) is 5. The lowest BCUT2D eigenvalue weighted by molar-refractivity contribution is -0.138. The Morgan fingerprint density at radius 1 is 0.850 bits per heavy atom. The molecule has 0 aliphatic carbocycles. The minimum Gasteiger partial charge on any atom is -0.480 e. The molecular formula is C28H31N7O5. The predicted octanol–water partition coefficient (Wildman–Crippen LogP) is 0.417. The van der Waals surface area contributed by atoms with Gasteiger partial charge in [-0.3, -0.25) is 19.2 Å². The second kappa shape index (κ2) is 13.2. The number of carbonyl (C=O) groups excluding carboxylic acids is 3. The van der Waals surface area contributed by atoms with E-state index in [1.807, 2.05) is 30.3 Å². The number of aliphatic carboxylic acids is 1. The number of H-pyrrole nitrogens is 2. The van der Waals surface area contributed by atoms with E-state index in [0.717, 1.165) is 22.0 Å². The van der Waals surface area contributed by atoms with Crippen molar-refractivity contribution < 1.29 is 24.3 Å². The molecule has 3 unspecified atom stereocenters. The highest BCUT2D eigenvalue weighted by atomic mass is 16.4. The van der Waals surface area contributed by atoms with Crippen molar-refractivity contribution in [2.24, 2.45) is 5.73 Å². The molecule has 208 valence electrons. The maximum absolute atomic E-state index is 13.5. The normalized spacial score (nSPS) is 13.2. The lowest BCUT2D eigenvalue weighted by Crippen LogP contribution is -2.57. The van der Waals surface area contributed by atoms with Gasteiger partial charge in [0.05, 0.1) is 12.4 Å². The van der Waals surface area contributed by atoms with E-state index in [4.69, 9.17) is 10.8 Å². The zero-order valence-electron chi connectivity index (χ0n) is 21.6. The number of amides is 3. The van der Waals surface area contributed by atoms with Crippen LogP contribution in [-0.4, -0.2) is 68.4 Å². The van der Waals surface area contributed by atoms with Crippen LogP contribution < -0.4 is 21.7 Å². The van der Waals surface area contributed by atoms with Crippen molar-refractivity contribution in [1.82, 2.24) is 30.9 Å². The monoisotopic (exact) mass is 545 g/mol. The van der Waals surface area contributed by atoms with E-state index in [-0.39, 0.29) is 19.3 Å². The maximum Gasteiger partial charge on any atom is 0.322 e. The van der Waals surface area contributed by atoms with Crippen LogP contribution in [0.5, 0.6) is 0 Å². The van der Waals surface area contributed by atoms with Crippen LogP contribution in [-0.2, 0) is 38.4 Å². The molecule has 0 fully saturated rings. The quantitative estimate of drug-likeness (QED) is 0.126. The molecule has 0 bridgehead atoms. The number of nitrogens with two attached hydrogens (primary N) is 1. The number of carboxylic acid groups (broad SMARTS) is 1.